The zero-order valence-corrected chi connectivity index (χ0v) is 16.2. The van der Waals surface area contributed by atoms with Gasteiger partial charge in [-0.1, -0.05) is 20.8 Å². The molecule has 1 spiro atoms. The number of carboxylic acid groups (broad SMARTS) is 1. The monoisotopic (exact) mass is 344 g/mol. The van der Waals surface area contributed by atoms with Gasteiger partial charge in [-0.2, -0.15) is 0 Å². The SMILES string of the molecule is CC(C)(C)[S@+]([O-])N[C@]1(C(C)(C)C)CCC12CCN(C(=O)O)CC2. The predicted molar refractivity (Wildman–Crippen MR) is 93.7 cm³/mol. The molecule has 2 aliphatic rings. The highest BCUT2D eigenvalue weighted by atomic mass is 32.2. The van der Waals surface area contributed by atoms with Crippen molar-refractivity contribution in [3.05, 3.63) is 0 Å². The van der Waals surface area contributed by atoms with Crippen molar-refractivity contribution in [3.63, 3.8) is 0 Å². The van der Waals surface area contributed by atoms with E-state index in [4.69, 9.17) is 0 Å². The largest absolute Gasteiger partial charge is 0.598 e. The molecule has 0 aromatic rings. The fourth-order valence-corrected chi connectivity index (χ4v) is 5.57. The third-order valence-electron chi connectivity index (χ3n) is 5.98. The highest BCUT2D eigenvalue weighted by molar-refractivity contribution is 7.90. The molecule has 1 aliphatic heterocycles. The molecule has 2 fully saturated rings. The summed E-state index contributed by atoms with van der Waals surface area (Å²) in [5.41, 5.74) is -0.168. The van der Waals surface area contributed by atoms with E-state index >= 15 is 0 Å². The number of carbonyl (C=O) groups is 1. The minimum atomic E-state index is -1.13. The van der Waals surface area contributed by atoms with Crippen LogP contribution in [-0.2, 0) is 11.4 Å². The van der Waals surface area contributed by atoms with Gasteiger partial charge < -0.3 is 14.6 Å². The molecule has 0 unspecified atom stereocenters. The van der Waals surface area contributed by atoms with Crippen LogP contribution in [0.2, 0.25) is 0 Å². The highest BCUT2D eigenvalue weighted by Gasteiger charge is 2.67. The molecule has 2 N–H and O–H groups in total. The average Bonchev–Trinajstić information content (AvgIpc) is 2.40. The summed E-state index contributed by atoms with van der Waals surface area (Å²) in [6.45, 7) is 13.8. The van der Waals surface area contributed by atoms with Gasteiger partial charge in [0.25, 0.3) is 0 Å². The van der Waals surface area contributed by atoms with Crippen LogP contribution in [0, 0.1) is 10.8 Å². The highest BCUT2D eigenvalue weighted by Crippen LogP contribution is 2.63. The Morgan fingerprint density at radius 2 is 1.61 bits per heavy atom. The van der Waals surface area contributed by atoms with Gasteiger partial charge in [0.1, 0.15) is 4.75 Å². The molecule has 1 aliphatic carbocycles. The molecule has 1 saturated carbocycles. The molecule has 2 rings (SSSR count). The van der Waals surface area contributed by atoms with Gasteiger partial charge >= 0.3 is 6.09 Å². The maximum absolute atomic E-state index is 12.8. The van der Waals surface area contributed by atoms with E-state index < -0.39 is 17.5 Å². The second kappa shape index (κ2) is 5.81. The van der Waals surface area contributed by atoms with Crippen LogP contribution in [0.5, 0.6) is 0 Å². The van der Waals surface area contributed by atoms with Gasteiger partial charge in [-0.05, 0) is 57.3 Å². The van der Waals surface area contributed by atoms with Crippen LogP contribution in [0.1, 0.15) is 67.2 Å². The molecule has 6 heteroatoms. The number of rotatable bonds is 2. The van der Waals surface area contributed by atoms with Gasteiger partial charge in [0, 0.05) is 24.5 Å². The number of hydrogen-bond acceptors (Lipinski definition) is 3. The number of likely N-dealkylation sites (tertiary alicyclic amines) is 1. The molecule has 0 aromatic carbocycles. The number of hydrogen-bond donors (Lipinski definition) is 2. The first-order valence-electron chi connectivity index (χ1n) is 8.52. The van der Waals surface area contributed by atoms with Gasteiger partial charge in [0.15, 0.2) is 0 Å². The van der Waals surface area contributed by atoms with Gasteiger partial charge in [-0.3, -0.25) is 0 Å². The third-order valence-corrected chi connectivity index (χ3v) is 7.62. The molecule has 1 amide bonds. The topological polar surface area (TPSA) is 75.6 Å². The van der Waals surface area contributed by atoms with Crippen molar-refractivity contribution in [2.75, 3.05) is 13.1 Å². The summed E-state index contributed by atoms with van der Waals surface area (Å²) >= 11 is -1.13. The van der Waals surface area contributed by atoms with Crippen LogP contribution in [0.15, 0.2) is 0 Å². The van der Waals surface area contributed by atoms with Gasteiger partial charge in [0.05, 0.1) is 5.54 Å². The minimum absolute atomic E-state index is 0.0302. The van der Waals surface area contributed by atoms with Gasteiger partial charge in [-0.25, -0.2) is 4.79 Å². The van der Waals surface area contributed by atoms with Crippen molar-refractivity contribution in [2.45, 2.75) is 77.5 Å². The lowest BCUT2D eigenvalue weighted by Crippen LogP contribution is -2.75. The minimum Gasteiger partial charge on any atom is -0.598 e. The molecule has 23 heavy (non-hydrogen) atoms. The van der Waals surface area contributed by atoms with E-state index in [0.717, 1.165) is 25.7 Å². The fraction of sp³-hybridized carbons (Fsp3) is 0.941. The number of amides is 1. The molecule has 0 aromatic heterocycles. The van der Waals surface area contributed by atoms with E-state index in [1.807, 2.05) is 20.8 Å². The number of nitrogens with zero attached hydrogens (tertiary/aromatic N) is 1. The lowest BCUT2D eigenvalue weighted by atomic mass is 9.44. The standard InChI is InChI=1S/C17H32N2O3S/c1-14(2,3)17(18-23(22)15(4,5)6)8-7-16(17)9-11-19(12-10-16)13(20)21/h18H,7-12H2,1-6H3,(H,20,21)/t17-,23-/m0/s1. The van der Waals surface area contributed by atoms with Crippen molar-refractivity contribution >= 4 is 17.5 Å². The Hall–Kier alpha value is -0.460. The van der Waals surface area contributed by atoms with Crippen LogP contribution in [0.4, 0.5) is 4.79 Å². The predicted octanol–water partition coefficient (Wildman–Crippen LogP) is 3.38. The maximum Gasteiger partial charge on any atom is 0.407 e. The first-order chi connectivity index (χ1) is 10.3. The Morgan fingerprint density at radius 1 is 1.09 bits per heavy atom. The van der Waals surface area contributed by atoms with E-state index in [2.05, 4.69) is 25.5 Å². The number of piperidine rings is 1. The Balaban J connectivity index is 2.25. The molecule has 1 heterocycles. The average molecular weight is 345 g/mol. The summed E-state index contributed by atoms with van der Waals surface area (Å²) < 4.78 is 16.0. The van der Waals surface area contributed by atoms with Crippen LogP contribution in [0.25, 0.3) is 0 Å². The van der Waals surface area contributed by atoms with E-state index in [1.165, 1.54) is 4.90 Å². The van der Waals surface area contributed by atoms with Crippen LogP contribution in [-0.4, -0.2) is 44.0 Å². The third kappa shape index (κ3) is 3.10. The quantitative estimate of drug-likeness (QED) is 0.753. The van der Waals surface area contributed by atoms with Gasteiger partial charge in [-0.15, -0.1) is 4.72 Å². The zero-order chi connectivity index (χ0) is 17.7. The first-order valence-corrected chi connectivity index (χ1v) is 9.67. The van der Waals surface area contributed by atoms with E-state index in [-0.39, 0.29) is 21.1 Å². The molecule has 5 nitrogen and oxygen atoms in total. The zero-order valence-electron chi connectivity index (χ0n) is 15.4. The second-order valence-electron chi connectivity index (χ2n) is 9.19. The summed E-state index contributed by atoms with van der Waals surface area (Å²) in [4.78, 5) is 12.7. The van der Waals surface area contributed by atoms with Crippen LogP contribution >= 0.6 is 0 Å². The van der Waals surface area contributed by atoms with Crippen molar-refractivity contribution < 1.29 is 14.5 Å². The molecule has 2 atom stereocenters. The molecule has 1 saturated heterocycles. The Labute approximate surface area is 143 Å². The summed E-state index contributed by atoms with van der Waals surface area (Å²) in [6, 6.07) is 0. The molecule has 134 valence electrons. The van der Waals surface area contributed by atoms with Crippen LogP contribution < -0.4 is 4.72 Å². The maximum atomic E-state index is 12.8. The Kier molecular flexibility index (Phi) is 4.77. The number of nitrogens with one attached hydrogen (secondary N) is 1. The molecule has 0 radical (unpaired) electrons. The van der Waals surface area contributed by atoms with Gasteiger partial charge in [0.2, 0.25) is 0 Å². The van der Waals surface area contributed by atoms with Crippen molar-refractivity contribution in [1.29, 1.82) is 0 Å². The molecular formula is C17H32N2O3S. The van der Waals surface area contributed by atoms with Crippen LogP contribution in [0.3, 0.4) is 0 Å². The summed E-state index contributed by atoms with van der Waals surface area (Å²) in [5, 5.41) is 9.20. The second-order valence-corrected chi connectivity index (χ2v) is 11.2. The summed E-state index contributed by atoms with van der Waals surface area (Å²) in [5.74, 6) is 0. The Morgan fingerprint density at radius 3 is 1.91 bits per heavy atom. The van der Waals surface area contributed by atoms with Crippen molar-refractivity contribution in [3.8, 4) is 0 Å². The van der Waals surface area contributed by atoms with Crippen molar-refractivity contribution in [2.24, 2.45) is 10.8 Å². The Bertz CT molecular complexity index is 461. The summed E-state index contributed by atoms with van der Waals surface area (Å²) in [7, 11) is 0. The normalized spacial score (nSPS) is 29.3. The molecule has 0 bridgehead atoms. The smallest absolute Gasteiger partial charge is 0.407 e. The van der Waals surface area contributed by atoms with E-state index in [9.17, 15) is 14.5 Å². The summed E-state index contributed by atoms with van der Waals surface area (Å²) in [6.07, 6.45) is 2.97. The fourth-order valence-electron chi connectivity index (χ4n) is 4.33. The lowest BCUT2D eigenvalue weighted by molar-refractivity contribution is -0.119. The lowest BCUT2D eigenvalue weighted by Gasteiger charge is -2.66. The molecular weight excluding hydrogens is 312 g/mol. The first kappa shape index (κ1) is 18.9. The van der Waals surface area contributed by atoms with E-state index in [0.29, 0.717) is 13.1 Å². The van der Waals surface area contributed by atoms with Crippen molar-refractivity contribution in [1.82, 2.24) is 9.62 Å². The van der Waals surface area contributed by atoms with E-state index in [1.54, 1.807) is 0 Å².